The van der Waals surface area contributed by atoms with Gasteiger partial charge in [0.15, 0.2) is 5.52 Å². The van der Waals surface area contributed by atoms with Gasteiger partial charge in [0.1, 0.15) is 5.52 Å². The molecule has 0 aliphatic carbocycles. The fourth-order valence-electron chi connectivity index (χ4n) is 1.03. The second-order valence-electron chi connectivity index (χ2n) is 2.44. The topological polar surface area (TPSA) is 89.9 Å². The Hall–Kier alpha value is -1.85. The smallest absolute Gasteiger partial charge is 0.244 e. The van der Waals surface area contributed by atoms with Crippen LogP contribution in [0, 0.1) is 0 Å². The molecule has 0 saturated carbocycles. The molecule has 0 aliphatic rings. The molecule has 0 atom stereocenters. The first-order valence-electron chi connectivity index (χ1n) is 3.32. The summed E-state index contributed by atoms with van der Waals surface area (Å²) in [6.45, 7) is 0. The van der Waals surface area contributed by atoms with Gasteiger partial charge in [0.2, 0.25) is 11.8 Å². The molecule has 0 fully saturated rings. The molecule has 6 heteroatoms. The zero-order valence-electron chi connectivity index (χ0n) is 6.39. The first kappa shape index (κ1) is 6.84. The first-order chi connectivity index (χ1) is 5.66. The van der Waals surface area contributed by atoms with Crippen LogP contribution < -0.4 is 5.73 Å². The highest BCUT2D eigenvalue weighted by molar-refractivity contribution is 5.79. The van der Waals surface area contributed by atoms with Gasteiger partial charge in [0.05, 0.1) is 6.20 Å². The molecule has 62 valence electrons. The summed E-state index contributed by atoms with van der Waals surface area (Å²) in [5, 5.41) is 13.2. The predicted molar refractivity (Wildman–Crippen MR) is 42.4 cm³/mol. The zero-order chi connectivity index (χ0) is 8.72. The van der Waals surface area contributed by atoms with Crippen molar-refractivity contribution >= 4 is 17.0 Å². The maximum Gasteiger partial charge on any atom is 0.244 e. The van der Waals surface area contributed by atoms with Crippen LogP contribution in [-0.4, -0.2) is 24.9 Å². The zero-order valence-corrected chi connectivity index (χ0v) is 6.39. The van der Waals surface area contributed by atoms with E-state index in [0.29, 0.717) is 11.0 Å². The molecule has 0 bridgehead atoms. The number of nitrogen functional groups attached to an aromatic ring is 1. The van der Waals surface area contributed by atoms with E-state index in [1.807, 2.05) is 0 Å². The van der Waals surface area contributed by atoms with Crippen LogP contribution >= 0.6 is 0 Å². The minimum Gasteiger partial charge on any atom is -0.492 e. The van der Waals surface area contributed by atoms with Crippen molar-refractivity contribution in [3.8, 4) is 5.88 Å². The lowest BCUT2D eigenvalue weighted by molar-refractivity contribution is 0.458. The second-order valence-corrected chi connectivity index (χ2v) is 2.44. The van der Waals surface area contributed by atoms with Gasteiger partial charge in [-0.05, 0) is 0 Å². The lowest BCUT2D eigenvalue weighted by Gasteiger charge is -1.92. The van der Waals surface area contributed by atoms with E-state index in [0.717, 1.165) is 0 Å². The summed E-state index contributed by atoms with van der Waals surface area (Å²) in [4.78, 5) is 7.44. The number of hydrogen-bond acceptors (Lipinski definition) is 5. The molecule has 0 saturated heterocycles. The van der Waals surface area contributed by atoms with E-state index in [4.69, 9.17) is 5.73 Å². The molecule has 2 aromatic heterocycles. The van der Waals surface area contributed by atoms with E-state index in [9.17, 15) is 5.11 Å². The van der Waals surface area contributed by atoms with Crippen LogP contribution in [0.5, 0.6) is 5.88 Å². The molecule has 0 radical (unpaired) electrons. The molecule has 2 rings (SSSR count). The quantitative estimate of drug-likeness (QED) is 0.557. The fraction of sp³-hybridized carbons (Fsp3) is 0.167. The molecular formula is C6H7N5O. The van der Waals surface area contributed by atoms with E-state index in [1.54, 1.807) is 17.9 Å². The summed E-state index contributed by atoms with van der Waals surface area (Å²) in [5.74, 6) is -0.133. The van der Waals surface area contributed by atoms with Crippen LogP contribution in [0.3, 0.4) is 0 Å². The monoisotopic (exact) mass is 165 g/mol. The van der Waals surface area contributed by atoms with Gasteiger partial charge >= 0.3 is 0 Å². The summed E-state index contributed by atoms with van der Waals surface area (Å²) in [5.41, 5.74) is 6.23. The standard InChI is InChI=1S/C6H7N5O/c1-11-2-3-4(10-11)5(12)9-6(7)8-3/h2H,1H3,(H3,7,8,9,12). The van der Waals surface area contributed by atoms with Crippen molar-refractivity contribution in [1.82, 2.24) is 19.7 Å². The number of hydrogen-bond donors (Lipinski definition) is 2. The minimum atomic E-state index is -0.182. The maximum atomic E-state index is 9.26. The Bertz CT molecular complexity index is 435. The highest BCUT2D eigenvalue weighted by Crippen LogP contribution is 2.18. The number of anilines is 1. The van der Waals surface area contributed by atoms with Gasteiger partial charge in [-0.25, -0.2) is 4.98 Å². The Morgan fingerprint density at radius 3 is 3.00 bits per heavy atom. The Kier molecular flexibility index (Phi) is 1.18. The van der Waals surface area contributed by atoms with Gasteiger partial charge in [0.25, 0.3) is 0 Å². The van der Waals surface area contributed by atoms with Gasteiger partial charge in [-0.15, -0.1) is 0 Å². The van der Waals surface area contributed by atoms with Gasteiger partial charge in [0, 0.05) is 7.05 Å². The van der Waals surface area contributed by atoms with Crippen molar-refractivity contribution in [2.45, 2.75) is 0 Å². The predicted octanol–water partition coefficient (Wildman–Crippen LogP) is -0.349. The minimum absolute atomic E-state index is 0.0491. The number of nitrogens with two attached hydrogens (primary N) is 1. The van der Waals surface area contributed by atoms with Crippen molar-refractivity contribution in [3.05, 3.63) is 6.20 Å². The Morgan fingerprint density at radius 2 is 2.25 bits per heavy atom. The Labute approximate surface area is 67.7 Å². The molecule has 2 aromatic rings. The SMILES string of the molecule is Cn1cc2nc(N)nc(O)c2n1. The van der Waals surface area contributed by atoms with Crippen molar-refractivity contribution in [2.24, 2.45) is 7.05 Å². The second kappa shape index (κ2) is 2.07. The summed E-state index contributed by atoms with van der Waals surface area (Å²) >= 11 is 0. The summed E-state index contributed by atoms with van der Waals surface area (Å²) < 4.78 is 1.54. The molecule has 0 aromatic carbocycles. The summed E-state index contributed by atoms with van der Waals surface area (Å²) in [6, 6.07) is 0. The number of aromatic hydroxyl groups is 1. The molecule has 2 heterocycles. The van der Waals surface area contributed by atoms with Crippen LogP contribution in [0.1, 0.15) is 0 Å². The van der Waals surface area contributed by atoms with Gasteiger partial charge in [-0.3, -0.25) is 4.68 Å². The molecule has 0 unspecified atom stereocenters. The molecule has 3 N–H and O–H groups in total. The van der Waals surface area contributed by atoms with Crippen molar-refractivity contribution < 1.29 is 5.11 Å². The molecule has 6 nitrogen and oxygen atoms in total. The fourth-order valence-corrected chi connectivity index (χ4v) is 1.03. The molecule has 0 amide bonds. The van der Waals surface area contributed by atoms with Crippen LogP contribution in [0.25, 0.3) is 11.0 Å². The Morgan fingerprint density at radius 1 is 1.50 bits per heavy atom. The molecule has 0 aliphatic heterocycles. The van der Waals surface area contributed by atoms with Crippen molar-refractivity contribution in [3.63, 3.8) is 0 Å². The van der Waals surface area contributed by atoms with E-state index in [1.165, 1.54) is 0 Å². The van der Waals surface area contributed by atoms with Crippen molar-refractivity contribution in [1.29, 1.82) is 0 Å². The normalized spacial score (nSPS) is 10.8. The average molecular weight is 165 g/mol. The average Bonchev–Trinajstić information content (AvgIpc) is 2.29. The molecular weight excluding hydrogens is 158 g/mol. The highest BCUT2D eigenvalue weighted by atomic mass is 16.3. The van der Waals surface area contributed by atoms with Crippen LogP contribution in [0.4, 0.5) is 5.95 Å². The molecule has 0 spiro atoms. The van der Waals surface area contributed by atoms with Crippen molar-refractivity contribution in [2.75, 3.05) is 5.73 Å². The van der Waals surface area contributed by atoms with Crippen LogP contribution in [0.2, 0.25) is 0 Å². The third-order valence-electron chi connectivity index (χ3n) is 1.48. The van der Waals surface area contributed by atoms with Gasteiger partial charge in [-0.2, -0.15) is 10.1 Å². The lowest BCUT2D eigenvalue weighted by Crippen LogP contribution is -1.93. The Balaban J connectivity index is 2.88. The van der Waals surface area contributed by atoms with Gasteiger partial charge < -0.3 is 10.8 Å². The van der Waals surface area contributed by atoms with E-state index < -0.39 is 0 Å². The number of nitrogens with zero attached hydrogens (tertiary/aromatic N) is 4. The van der Waals surface area contributed by atoms with Crippen LogP contribution in [0.15, 0.2) is 6.20 Å². The summed E-state index contributed by atoms with van der Waals surface area (Å²) in [7, 11) is 1.73. The first-order valence-corrected chi connectivity index (χ1v) is 3.32. The van der Waals surface area contributed by atoms with E-state index >= 15 is 0 Å². The van der Waals surface area contributed by atoms with E-state index in [-0.39, 0.29) is 11.8 Å². The summed E-state index contributed by atoms with van der Waals surface area (Å²) in [6.07, 6.45) is 1.66. The van der Waals surface area contributed by atoms with E-state index in [2.05, 4.69) is 15.1 Å². The lowest BCUT2D eigenvalue weighted by atomic mass is 10.4. The number of aromatic nitrogens is 4. The van der Waals surface area contributed by atoms with Gasteiger partial charge in [-0.1, -0.05) is 0 Å². The largest absolute Gasteiger partial charge is 0.492 e. The number of rotatable bonds is 0. The third kappa shape index (κ3) is 0.849. The highest BCUT2D eigenvalue weighted by Gasteiger charge is 2.07. The van der Waals surface area contributed by atoms with Crippen LogP contribution in [-0.2, 0) is 7.05 Å². The maximum absolute atomic E-state index is 9.26. The third-order valence-corrected chi connectivity index (χ3v) is 1.48. The number of fused-ring (bicyclic) bond motifs is 1. The number of aryl methyl sites for hydroxylation is 1. The molecule has 12 heavy (non-hydrogen) atoms.